The van der Waals surface area contributed by atoms with Crippen LogP contribution in [0.15, 0.2) is 30.7 Å². The number of nitrogens with zero attached hydrogens (tertiary/aromatic N) is 5. The van der Waals surface area contributed by atoms with Gasteiger partial charge in [-0.25, -0.2) is 9.50 Å². The zero-order valence-corrected chi connectivity index (χ0v) is 22.7. The Bertz CT molecular complexity index is 1330. The highest BCUT2D eigenvalue weighted by atomic mass is 16.5. The summed E-state index contributed by atoms with van der Waals surface area (Å²) >= 11 is 0. The van der Waals surface area contributed by atoms with Crippen LogP contribution in [0, 0.1) is 11.3 Å². The van der Waals surface area contributed by atoms with E-state index in [0.717, 1.165) is 36.9 Å². The Morgan fingerprint density at radius 2 is 2.00 bits per heavy atom. The van der Waals surface area contributed by atoms with Crippen LogP contribution in [-0.4, -0.2) is 55.8 Å². The molecule has 2 aliphatic rings. The molecule has 0 bridgehead atoms. The minimum Gasteiger partial charge on any atom is -0.468 e. The molecule has 1 aliphatic carbocycles. The van der Waals surface area contributed by atoms with E-state index < -0.39 is 11.4 Å². The molecule has 39 heavy (non-hydrogen) atoms. The van der Waals surface area contributed by atoms with Gasteiger partial charge in [0.15, 0.2) is 11.1 Å². The fraction of sp³-hybridized carbons (Fsp3) is 0.571. The van der Waals surface area contributed by atoms with Gasteiger partial charge < -0.3 is 15.4 Å². The Morgan fingerprint density at radius 3 is 2.72 bits per heavy atom. The van der Waals surface area contributed by atoms with Crippen molar-refractivity contribution in [3.05, 3.63) is 47.7 Å². The summed E-state index contributed by atoms with van der Waals surface area (Å²) < 4.78 is 8.41. The average molecular weight is 536 g/mol. The number of imidazole rings is 1. The summed E-state index contributed by atoms with van der Waals surface area (Å²) in [4.78, 5) is 43.8. The zero-order chi connectivity index (χ0) is 27.4. The van der Waals surface area contributed by atoms with E-state index in [1.807, 2.05) is 19.2 Å². The maximum atomic E-state index is 13.3. The van der Waals surface area contributed by atoms with Crippen molar-refractivity contribution in [1.82, 2.24) is 35.0 Å². The normalized spacial score (nSPS) is 21.2. The van der Waals surface area contributed by atoms with Gasteiger partial charge in [0, 0.05) is 19.3 Å². The van der Waals surface area contributed by atoms with E-state index >= 15 is 0 Å². The molecule has 5 rings (SSSR count). The number of aryl methyl sites for hydroxylation is 1. The molecule has 2 N–H and O–H groups in total. The summed E-state index contributed by atoms with van der Waals surface area (Å²) in [6, 6.07) is 3.33. The van der Waals surface area contributed by atoms with Crippen LogP contribution in [-0.2, 0) is 27.3 Å². The van der Waals surface area contributed by atoms with Crippen molar-refractivity contribution in [1.29, 1.82) is 0 Å². The maximum absolute atomic E-state index is 13.3. The summed E-state index contributed by atoms with van der Waals surface area (Å²) in [6.45, 7) is 3.11. The minimum absolute atomic E-state index is 0.169. The van der Waals surface area contributed by atoms with Gasteiger partial charge in [-0.3, -0.25) is 19.1 Å². The van der Waals surface area contributed by atoms with Crippen molar-refractivity contribution >= 4 is 23.4 Å². The van der Waals surface area contributed by atoms with Gasteiger partial charge in [-0.15, -0.1) is 0 Å². The molecule has 4 heterocycles. The number of hydrogen-bond acceptors (Lipinski definition) is 7. The number of fused-ring (bicyclic) bond motifs is 1. The second kappa shape index (κ2) is 11.5. The molecule has 1 saturated heterocycles. The second-order valence-corrected chi connectivity index (χ2v) is 10.7. The quantitative estimate of drug-likeness (QED) is 0.257. The smallest absolute Gasteiger partial charge is 0.321 e. The van der Waals surface area contributed by atoms with Crippen molar-refractivity contribution in [2.75, 3.05) is 13.7 Å². The molecule has 2 fully saturated rings. The molecule has 11 nitrogen and oxygen atoms in total. The summed E-state index contributed by atoms with van der Waals surface area (Å²) in [5, 5.41) is 14.9. The molecule has 1 saturated carbocycles. The number of amides is 2. The Morgan fingerprint density at radius 1 is 1.21 bits per heavy atom. The summed E-state index contributed by atoms with van der Waals surface area (Å²) in [7, 11) is 1.31. The van der Waals surface area contributed by atoms with E-state index in [9.17, 15) is 14.4 Å². The molecule has 1 aliphatic heterocycles. The number of rotatable bonds is 8. The number of aromatic nitrogens is 5. The van der Waals surface area contributed by atoms with E-state index in [1.165, 1.54) is 20.0 Å². The second-order valence-electron chi connectivity index (χ2n) is 10.7. The molecule has 2 amide bonds. The predicted octanol–water partition coefficient (Wildman–Crippen LogP) is 3.00. The summed E-state index contributed by atoms with van der Waals surface area (Å²) in [5.74, 6) is -0.761. The molecule has 0 spiro atoms. The van der Waals surface area contributed by atoms with E-state index in [1.54, 1.807) is 27.7 Å². The van der Waals surface area contributed by atoms with Gasteiger partial charge in [0.1, 0.15) is 5.69 Å². The fourth-order valence-electron chi connectivity index (χ4n) is 6.11. The highest BCUT2D eigenvalue weighted by Crippen LogP contribution is 2.35. The number of nitrogens with one attached hydrogen (secondary N) is 2. The highest BCUT2D eigenvalue weighted by Gasteiger charge is 2.48. The monoisotopic (exact) mass is 535 g/mol. The number of methoxy groups -OCH3 is 1. The number of piperidine rings is 1. The molecule has 0 radical (unpaired) electrons. The molecule has 3 aromatic heterocycles. The minimum atomic E-state index is -1.28. The topological polar surface area (TPSA) is 133 Å². The maximum Gasteiger partial charge on any atom is 0.321 e. The van der Waals surface area contributed by atoms with Gasteiger partial charge in [-0.05, 0) is 62.6 Å². The van der Waals surface area contributed by atoms with Crippen LogP contribution in [0.1, 0.15) is 86.1 Å². The molecule has 208 valence electrons. The molecule has 3 aromatic rings. The van der Waals surface area contributed by atoms with Crippen molar-refractivity contribution < 1.29 is 19.1 Å². The first-order valence-electron chi connectivity index (χ1n) is 14.0. The highest BCUT2D eigenvalue weighted by molar-refractivity contribution is 6.03. The largest absolute Gasteiger partial charge is 0.468 e. The average Bonchev–Trinajstić information content (AvgIpc) is 3.51. The molecule has 0 aromatic carbocycles. The molecule has 11 heteroatoms. The fourth-order valence-corrected chi connectivity index (χ4v) is 6.11. The molecule has 2 atom stereocenters. The standard InChI is InChI=1S/C28H37N7O4/c1-3-34-22(11-14-30-34)25(36)33-24(20-9-6-4-5-7-10-20)21-18-35-23(32-21)15-19(17-31-35)16-28(27(38)39-2)12-8-13-29-26(28)37/h11,14-15,17-18,20,24H,3-10,12-13,16H2,1-2H3,(H,29,37)(H,33,36)/t24-,28-/m0/s1. The van der Waals surface area contributed by atoms with Gasteiger partial charge >= 0.3 is 5.97 Å². The van der Waals surface area contributed by atoms with E-state index in [2.05, 4.69) is 20.8 Å². The lowest BCUT2D eigenvalue weighted by Gasteiger charge is -2.33. The van der Waals surface area contributed by atoms with Gasteiger partial charge in [-0.2, -0.15) is 10.2 Å². The van der Waals surface area contributed by atoms with E-state index in [-0.39, 0.29) is 30.2 Å². The third-order valence-corrected chi connectivity index (χ3v) is 8.20. The van der Waals surface area contributed by atoms with Crippen LogP contribution in [0.2, 0.25) is 0 Å². The Hall–Kier alpha value is -3.76. The SMILES string of the molecule is CCn1nccc1C(=O)N[C@H](c1cn2ncc(C[C@@]3(C(=O)OC)CCCNC3=O)cc2n1)C1CCCCCC1. The molecular weight excluding hydrogens is 498 g/mol. The van der Waals surface area contributed by atoms with Crippen LogP contribution in [0.3, 0.4) is 0 Å². The van der Waals surface area contributed by atoms with Crippen LogP contribution in [0.4, 0.5) is 0 Å². The number of esters is 1. The Kier molecular flexibility index (Phi) is 7.94. The zero-order valence-electron chi connectivity index (χ0n) is 22.7. The third-order valence-electron chi connectivity index (χ3n) is 8.20. The van der Waals surface area contributed by atoms with Crippen LogP contribution >= 0.6 is 0 Å². The first-order chi connectivity index (χ1) is 18.9. The lowest BCUT2D eigenvalue weighted by Crippen LogP contribution is -2.52. The van der Waals surface area contributed by atoms with Crippen molar-refractivity contribution in [2.45, 2.75) is 77.3 Å². The summed E-state index contributed by atoms with van der Waals surface area (Å²) in [5.41, 5.74) is 1.33. The first kappa shape index (κ1) is 26.8. The molecule has 0 unspecified atom stereocenters. The predicted molar refractivity (Wildman–Crippen MR) is 143 cm³/mol. The number of carbonyl (C=O) groups excluding carboxylic acids is 3. The van der Waals surface area contributed by atoms with Gasteiger partial charge in [0.2, 0.25) is 5.91 Å². The van der Waals surface area contributed by atoms with E-state index in [4.69, 9.17) is 9.72 Å². The van der Waals surface area contributed by atoms with Crippen molar-refractivity contribution in [3.63, 3.8) is 0 Å². The van der Waals surface area contributed by atoms with Gasteiger partial charge in [0.05, 0.1) is 31.2 Å². The Labute approximate surface area is 227 Å². The first-order valence-corrected chi connectivity index (χ1v) is 14.0. The lowest BCUT2D eigenvalue weighted by atomic mass is 9.75. The number of hydrogen-bond donors (Lipinski definition) is 2. The Balaban J connectivity index is 1.46. The van der Waals surface area contributed by atoms with Crippen molar-refractivity contribution in [2.24, 2.45) is 11.3 Å². The number of ether oxygens (including phenoxy) is 1. The van der Waals surface area contributed by atoms with E-state index in [0.29, 0.717) is 37.3 Å². The van der Waals surface area contributed by atoms with Gasteiger partial charge in [-0.1, -0.05) is 25.7 Å². The van der Waals surface area contributed by atoms with Crippen molar-refractivity contribution in [3.8, 4) is 0 Å². The van der Waals surface area contributed by atoms with Crippen LogP contribution in [0.25, 0.3) is 5.65 Å². The van der Waals surface area contributed by atoms with Crippen LogP contribution in [0.5, 0.6) is 0 Å². The molecular formula is C28H37N7O4. The summed E-state index contributed by atoms with van der Waals surface area (Å²) in [6.07, 6.45) is 13.2. The van der Waals surface area contributed by atoms with Crippen LogP contribution < -0.4 is 10.6 Å². The van der Waals surface area contributed by atoms with Gasteiger partial charge in [0.25, 0.3) is 5.91 Å². The number of carbonyl (C=O) groups is 3. The third kappa shape index (κ3) is 5.39. The lowest BCUT2D eigenvalue weighted by molar-refractivity contribution is -0.161.